The first-order chi connectivity index (χ1) is 7.47. The van der Waals surface area contributed by atoms with E-state index in [1.165, 1.54) is 13.1 Å². The third kappa shape index (κ3) is 2.52. The number of alkyl halides is 2. The van der Waals surface area contributed by atoms with E-state index in [-0.39, 0.29) is 23.4 Å². The van der Waals surface area contributed by atoms with Crippen molar-refractivity contribution in [2.75, 3.05) is 0 Å². The maximum atomic E-state index is 12.8. The van der Waals surface area contributed by atoms with Gasteiger partial charge in [0.2, 0.25) is 0 Å². The number of carboxylic acids is 1. The molecule has 0 aliphatic rings. The van der Waals surface area contributed by atoms with Gasteiger partial charge in [0.15, 0.2) is 0 Å². The molecule has 1 aromatic rings. The highest BCUT2D eigenvalue weighted by atomic mass is 19.3. The van der Waals surface area contributed by atoms with Crippen LogP contribution in [0.4, 0.5) is 8.78 Å². The Kier molecular flexibility index (Phi) is 3.89. The molecule has 6 heteroatoms. The number of carbonyl (C=O) groups is 1. The predicted molar refractivity (Wildman–Crippen MR) is 53.2 cm³/mol. The highest BCUT2D eigenvalue weighted by Gasteiger charge is 2.20. The zero-order valence-corrected chi connectivity index (χ0v) is 8.70. The SMILES string of the molecule is Cc1cnc(CC(=O)O)c(CN)c1C(F)F. The number of nitrogens with zero attached hydrogens (tertiary/aromatic N) is 1. The topological polar surface area (TPSA) is 76.2 Å². The Balaban J connectivity index is 3.30. The Morgan fingerprint density at radius 2 is 2.25 bits per heavy atom. The van der Waals surface area contributed by atoms with Gasteiger partial charge in [0.05, 0.1) is 12.1 Å². The molecule has 0 aliphatic carbocycles. The molecule has 1 rings (SSSR count). The molecule has 0 saturated heterocycles. The van der Waals surface area contributed by atoms with Gasteiger partial charge < -0.3 is 10.8 Å². The average Bonchev–Trinajstić information content (AvgIpc) is 2.18. The lowest BCUT2D eigenvalue weighted by atomic mass is 10.0. The van der Waals surface area contributed by atoms with E-state index >= 15 is 0 Å². The molecule has 0 unspecified atom stereocenters. The summed E-state index contributed by atoms with van der Waals surface area (Å²) in [5, 5.41) is 8.62. The summed E-state index contributed by atoms with van der Waals surface area (Å²) < 4.78 is 25.5. The monoisotopic (exact) mass is 230 g/mol. The van der Waals surface area contributed by atoms with Crippen molar-refractivity contribution in [2.24, 2.45) is 5.73 Å². The zero-order chi connectivity index (χ0) is 12.3. The number of rotatable bonds is 4. The molecule has 0 bridgehead atoms. The standard InChI is InChI=1S/C10H12F2N2O2/c1-5-4-14-7(2-8(15)16)6(3-13)9(5)10(11)12/h4,10H,2-3,13H2,1H3,(H,15,16). The molecular formula is C10H12F2N2O2. The fourth-order valence-corrected chi connectivity index (χ4v) is 1.54. The molecule has 0 aromatic carbocycles. The van der Waals surface area contributed by atoms with Crippen LogP contribution in [0.2, 0.25) is 0 Å². The van der Waals surface area contributed by atoms with Gasteiger partial charge in [-0.3, -0.25) is 9.78 Å². The number of hydrogen-bond donors (Lipinski definition) is 2. The average molecular weight is 230 g/mol. The van der Waals surface area contributed by atoms with Crippen molar-refractivity contribution in [2.45, 2.75) is 26.3 Å². The van der Waals surface area contributed by atoms with Crippen LogP contribution in [0.1, 0.15) is 28.8 Å². The summed E-state index contributed by atoms with van der Waals surface area (Å²) in [5.74, 6) is -1.12. The van der Waals surface area contributed by atoms with E-state index < -0.39 is 18.8 Å². The van der Waals surface area contributed by atoms with Crippen LogP contribution < -0.4 is 5.73 Å². The van der Waals surface area contributed by atoms with Crippen molar-refractivity contribution in [3.63, 3.8) is 0 Å². The van der Waals surface area contributed by atoms with Crippen LogP contribution in [-0.2, 0) is 17.8 Å². The first-order valence-electron chi connectivity index (χ1n) is 4.64. The van der Waals surface area contributed by atoms with Crippen LogP contribution in [0.25, 0.3) is 0 Å². The van der Waals surface area contributed by atoms with E-state index in [1.807, 2.05) is 0 Å². The molecule has 0 fully saturated rings. The Morgan fingerprint density at radius 1 is 1.62 bits per heavy atom. The fraction of sp³-hybridized carbons (Fsp3) is 0.400. The number of aliphatic carboxylic acids is 1. The van der Waals surface area contributed by atoms with Crippen molar-refractivity contribution >= 4 is 5.97 Å². The van der Waals surface area contributed by atoms with E-state index in [1.54, 1.807) is 0 Å². The van der Waals surface area contributed by atoms with Gasteiger partial charge in [-0.1, -0.05) is 0 Å². The van der Waals surface area contributed by atoms with Crippen molar-refractivity contribution in [3.8, 4) is 0 Å². The number of halogens is 2. The predicted octanol–water partition coefficient (Wildman–Crippen LogP) is 1.41. The number of pyridine rings is 1. The highest BCUT2D eigenvalue weighted by molar-refractivity contribution is 5.70. The molecule has 0 saturated carbocycles. The van der Waals surface area contributed by atoms with E-state index in [9.17, 15) is 13.6 Å². The van der Waals surface area contributed by atoms with Crippen LogP contribution in [0.15, 0.2) is 6.20 Å². The molecule has 0 aliphatic heterocycles. The van der Waals surface area contributed by atoms with Gasteiger partial charge >= 0.3 is 5.97 Å². The van der Waals surface area contributed by atoms with E-state index in [4.69, 9.17) is 10.8 Å². The lowest BCUT2D eigenvalue weighted by molar-refractivity contribution is -0.136. The highest BCUT2D eigenvalue weighted by Crippen LogP contribution is 2.27. The number of carboxylic acid groups (broad SMARTS) is 1. The fourth-order valence-electron chi connectivity index (χ4n) is 1.54. The van der Waals surface area contributed by atoms with Gasteiger partial charge in [0.25, 0.3) is 6.43 Å². The molecule has 88 valence electrons. The molecule has 4 nitrogen and oxygen atoms in total. The minimum absolute atomic E-state index is 0.107. The molecule has 16 heavy (non-hydrogen) atoms. The zero-order valence-electron chi connectivity index (χ0n) is 8.70. The molecular weight excluding hydrogens is 218 g/mol. The molecule has 1 heterocycles. The van der Waals surface area contributed by atoms with Crippen molar-refractivity contribution < 1.29 is 18.7 Å². The second-order valence-corrected chi connectivity index (χ2v) is 3.36. The van der Waals surface area contributed by atoms with Crippen molar-refractivity contribution in [1.29, 1.82) is 0 Å². The Bertz CT molecular complexity index is 408. The maximum absolute atomic E-state index is 12.8. The van der Waals surface area contributed by atoms with Crippen molar-refractivity contribution in [3.05, 3.63) is 28.6 Å². The summed E-state index contributed by atoms with van der Waals surface area (Å²) in [6.07, 6.45) is -1.82. The third-order valence-corrected chi connectivity index (χ3v) is 2.25. The Hall–Kier alpha value is -1.56. The second kappa shape index (κ2) is 4.98. The van der Waals surface area contributed by atoms with E-state index in [2.05, 4.69) is 4.98 Å². The van der Waals surface area contributed by atoms with Crippen LogP contribution in [-0.4, -0.2) is 16.1 Å². The summed E-state index contributed by atoms with van der Waals surface area (Å²) in [5.41, 5.74) is 5.73. The number of aromatic nitrogens is 1. The van der Waals surface area contributed by atoms with E-state index in [0.717, 1.165) is 0 Å². The summed E-state index contributed by atoms with van der Waals surface area (Å²) in [7, 11) is 0. The lowest BCUT2D eigenvalue weighted by Gasteiger charge is -2.13. The van der Waals surface area contributed by atoms with Gasteiger partial charge in [0, 0.05) is 18.3 Å². The van der Waals surface area contributed by atoms with Gasteiger partial charge in [-0.25, -0.2) is 8.78 Å². The first-order valence-corrected chi connectivity index (χ1v) is 4.64. The molecule has 3 N–H and O–H groups in total. The van der Waals surface area contributed by atoms with Crippen LogP contribution in [0, 0.1) is 6.92 Å². The minimum Gasteiger partial charge on any atom is -0.481 e. The molecule has 0 atom stereocenters. The molecule has 1 aromatic heterocycles. The summed E-state index contributed by atoms with van der Waals surface area (Å²) >= 11 is 0. The normalized spacial score (nSPS) is 10.8. The molecule has 0 amide bonds. The molecule has 0 spiro atoms. The number of nitrogens with two attached hydrogens (primary N) is 1. The third-order valence-electron chi connectivity index (χ3n) is 2.25. The maximum Gasteiger partial charge on any atom is 0.309 e. The Morgan fingerprint density at radius 3 is 2.69 bits per heavy atom. The largest absolute Gasteiger partial charge is 0.481 e. The quantitative estimate of drug-likeness (QED) is 0.820. The molecule has 0 radical (unpaired) electrons. The van der Waals surface area contributed by atoms with Gasteiger partial charge in [-0.2, -0.15) is 0 Å². The first kappa shape index (κ1) is 12.5. The van der Waals surface area contributed by atoms with Gasteiger partial charge in [-0.05, 0) is 18.1 Å². The lowest BCUT2D eigenvalue weighted by Crippen LogP contribution is -2.13. The van der Waals surface area contributed by atoms with Crippen LogP contribution in [0.5, 0.6) is 0 Å². The Labute approximate surface area is 91.1 Å². The van der Waals surface area contributed by atoms with Gasteiger partial charge in [0.1, 0.15) is 0 Å². The van der Waals surface area contributed by atoms with E-state index in [0.29, 0.717) is 5.56 Å². The summed E-state index contributed by atoms with van der Waals surface area (Å²) in [6, 6.07) is 0. The van der Waals surface area contributed by atoms with Gasteiger partial charge in [-0.15, -0.1) is 0 Å². The second-order valence-electron chi connectivity index (χ2n) is 3.36. The minimum atomic E-state index is -2.67. The number of hydrogen-bond acceptors (Lipinski definition) is 3. The number of aryl methyl sites for hydroxylation is 1. The summed E-state index contributed by atoms with van der Waals surface area (Å²) in [4.78, 5) is 14.4. The smallest absolute Gasteiger partial charge is 0.309 e. The summed E-state index contributed by atoms with van der Waals surface area (Å²) in [6.45, 7) is 1.36. The van der Waals surface area contributed by atoms with Crippen LogP contribution in [0.3, 0.4) is 0 Å². The van der Waals surface area contributed by atoms with Crippen molar-refractivity contribution in [1.82, 2.24) is 4.98 Å². The van der Waals surface area contributed by atoms with Crippen LogP contribution >= 0.6 is 0 Å².